The molecule has 0 saturated heterocycles. The Hall–Kier alpha value is -3.90. The summed E-state index contributed by atoms with van der Waals surface area (Å²) in [5, 5.41) is 0. The molecule has 4 aromatic rings. The Kier molecular flexibility index (Phi) is 34.9. The Morgan fingerprint density at radius 3 is 0.765 bits per heavy atom. The summed E-state index contributed by atoms with van der Waals surface area (Å²) in [5.74, 6) is 7.78. The van der Waals surface area contributed by atoms with Gasteiger partial charge in [-0.25, -0.2) is 0 Å². The minimum absolute atomic E-state index is 0. The van der Waals surface area contributed by atoms with E-state index in [2.05, 4.69) is 258 Å². The molecule has 0 saturated carbocycles. The second-order valence-corrected chi connectivity index (χ2v) is 22.1. The van der Waals surface area contributed by atoms with E-state index in [0.29, 0.717) is 23.7 Å². The van der Waals surface area contributed by atoms with Crippen LogP contribution in [0.4, 0.5) is 0 Å². The highest BCUT2D eigenvalue weighted by molar-refractivity contribution is 5.26. The zero-order chi connectivity index (χ0) is 50.3. The maximum Gasteiger partial charge on any atom is -0.0207 e. The van der Waals surface area contributed by atoms with Gasteiger partial charge in [0.25, 0.3) is 0 Å². The first-order chi connectivity index (χ1) is 31.7. The lowest BCUT2D eigenvalue weighted by Gasteiger charge is -2.19. The van der Waals surface area contributed by atoms with Crippen molar-refractivity contribution in [2.45, 2.75) is 214 Å². The Balaban J connectivity index is 0.000000769. The molecule has 3 unspecified atom stereocenters. The van der Waals surface area contributed by atoms with E-state index in [4.69, 9.17) is 0 Å². The molecular weight excluding hydrogens is 817 g/mol. The topological polar surface area (TPSA) is 0 Å². The predicted molar refractivity (Wildman–Crippen MR) is 312 cm³/mol. The first-order valence-corrected chi connectivity index (χ1v) is 27.0. The van der Waals surface area contributed by atoms with Crippen molar-refractivity contribution in [3.8, 4) is 0 Å². The first-order valence-electron chi connectivity index (χ1n) is 27.0. The van der Waals surface area contributed by atoms with E-state index in [1.807, 2.05) is 0 Å². The third kappa shape index (κ3) is 29.9. The smallest absolute Gasteiger partial charge is 0.0207 e. The molecule has 0 radical (unpaired) electrons. The van der Waals surface area contributed by atoms with Crippen LogP contribution in [-0.4, -0.2) is 0 Å². The minimum Gasteiger partial charge on any atom is -0.0883 e. The lowest BCUT2D eigenvalue weighted by Crippen LogP contribution is -2.07. The van der Waals surface area contributed by atoms with Gasteiger partial charge in [0.2, 0.25) is 0 Å². The van der Waals surface area contributed by atoms with Crippen LogP contribution in [0, 0.1) is 63.2 Å². The monoisotopic (exact) mass is 925 g/mol. The molecule has 4 aromatic carbocycles. The molecule has 3 atom stereocenters. The molecule has 0 heterocycles. The Bertz CT molecular complexity index is 1660. The Morgan fingerprint density at radius 1 is 0.294 bits per heavy atom. The average Bonchev–Trinajstić information content (AvgIpc) is 3.71. The summed E-state index contributed by atoms with van der Waals surface area (Å²) >= 11 is 0. The standard InChI is InChI=1S/4C10H14.C10H18.C9H16.C8H14.CH4/c4*1-8(2)10-6-4-9(3)5-7-10;1-9(2)10-7-5-3-4-6-8-10;1-8(2)9-6-4-3-5-7-9;1-7(2)8-5-3-4-6-8;/h4*4-8H,1-3H3;5,7,9-10H,3-4,6,8H2,1-2H3;4,6,8-9H,3,5,7H2,1-2H3;3,5,7-8H,4,6H2,1-2H3;1H4. The average molecular weight is 926 g/mol. The summed E-state index contributed by atoms with van der Waals surface area (Å²) in [4.78, 5) is 0. The highest BCUT2D eigenvalue weighted by atomic mass is 14.2. The second kappa shape index (κ2) is 37.0. The zero-order valence-electron chi connectivity index (χ0n) is 46.8. The summed E-state index contributed by atoms with van der Waals surface area (Å²) in [6.07, 6.45) is 26.5. The van der Waals surface area contributed by atoms with Crippen LogP contribution in [0.3, 0.4) is 0 Å². The number of hydrogen-bond donors (Lipinski definition) is 0. The first kappa shape index (κ1) is 64.1. The summed E-state index contributed by atoms with van der Waals surface area (Å²) < 4.78 is 0. The van der Waals surface area contributed by atoms with Gasteiger partial charge in [-0.15, -0.1) is 0 Å². The van der Waals surface area contributed by atoms with E-state index in [0.717, 1.165) is 35.5 Å². The molecule has 0 aromatic heterocycles. The largest absolute Gasteiger partial charge is 0.0883 e. The van der Waals surface area contributed by atoms with Crippen LogP contribution in [0.5, 0.6) is 0 Å². The molecule has 7 rings (SSSR count). The van der Waals surface area contributed by atoms with E-state index < -0.39 is 0 Å². The van der Waals surface area contributed by atoms with Crippen molar-refractivity contribution in [2.24, 2.45) is 35.5 Å². The molecule has 3 aliphatic carbocycles. The van der Waals surface area contributed by atoms with Gasteiger partial charge in [-0.05, 0) is 160 Å². The molecular formula is C68H108. The molecule has 0 N–H and O–H groups in total. The quantitative estimate of drug-likeness (QED) is 0.162. The molecule has 0 nitrogen and oxygen atoms in total. The summed E-state index contributed by atoms with van der Waals surface area (Å²) in [5.41, 5.74) is 11.0. The van der Waals surface area contributed by atoms with Crippen molar-refractivity contribution in [3.05, 3.63) is 178 Å². The number of rotatable bonds is 7. The van der Waals surface area contributed by atoms with Gasteiger partial charge in [0.15, 0.2) is 0 Å². The van der Waals surface area contributed by atoms with E-state index in [1.54, 1.807) is 0 Å². The maximum atomic E-state index is 2.41. The normalized spacial score (nSPS) is 16.9. The number of hydrogen-bond acceptors (Lipinski definition) is 0. The van der Waals surface area contributed by atoms with Gasteiger partial charge in [-0.3, -0.25) is 0 Å². The SMILES string of the molecule is C.CC(C)C1C=CCC1.CC(C)C1C=CCCC1.CC(C)C1C=CCCCC1.Cc1ccc(C(C)C)cc1.Cc1ccc(C(C)C)cc1.Cc1ccc(C(C)C)cc1.Cc1ccc(C(C)C)cc1. The molecule has 68 heavy (non-hydrogen) atoms. The van der Waals surface area contributed by atoms with Crippen LogP contribution in [0.15, 0.2) is 134 Å². The van der Waals surface area contributed by atoms with Crippen LogP contribution in [0.25, 0.3) is 0 Å². The van der Waals surface area contributed by atoms with Crippen molar-refractivity contribution in [2.75, 3.05) is 0 Å². The van der Waals surface area contributed by atoms with Crippen molar-refractivity contribution < 1.29 is 0 Å². The van der Waals surface area contributed by atoms with Crippen LogP contribution < -0.4 is 0 Å². The molecule has 0 amide bonds. The summed E-state index contributed by atoms with van der Waals surface area (Å²) in [6, 6.07) is 34.9. The van der Waals surface area contributed by atoms with E-state index in [1.165, 1.54) is 102 Å². The fourth-order valence-electron chi connectivity index (χ4n) is 7.98. The number of benzene rings is 4. The fraction of sp³-hybridized carbons (Fsp3) is 0.559. The summed E-state index contributed by atoms with van der Waals surface area (Å²) in [7, 11) is 0. The van der Waals surface area contributed by atoms with Gasteiger partial charge in [0, 0.05) is 0 Å². The highest BCUT2D eigenvalue weighted by Gasteiger charge is 2.13. The van der Waals surface area contributed by atoms with Crippen molar-refractivity contribution in [1.82, 2.24) is 0 Å². The van der Waals surface area contributed by atoms with Gasteiger partial charge in [0.1, 0.15) is 0 Å². The van der Waals surface area contributed by atoms with Crippen molar-refractivity contribution in [1.29, 1.82) is 0 Å². The molecule has 380 valence electrons. The fourth-order valence-corrected chi connectivity index (χ4v) is 7.98. The molecule has 0 fully saturated rings. The van der Waals surface area contributed by atoms with Gasteiger partial charge in [-0.2, -0.15) is 0 Å². The van der Waals surface area contributed by atoms with Crippen molar-refractivity contribution in [3.63, 3.8) is 0 Å². The van der Waals surface area contributed by atoms with Crippen LogP contribution in [-0.2, 0) is 0 Å². The third-order valence-corrected chi connectivity index (χ3v) is 13.4. The zero-order valence-corrected chi connectivity index (χ0v) is 46.8. The number of aryl methyl sites for hydroxylation is 4. The van der Waals surface area contributed by atoms with Gasteiger partial charge >= 0.3 is 0 Å². The minimum atomic E-state index is 0. The Morgan fingerprint density at radius 2 is 0.529 bits per heavy atom. The van der Waals surface area contributed by atoms with E-state index in [9.17, 15) is 0 Å². The van der Waals surface area contributed by atoms with Gasteiger partial charge in [-0.1, -0.05) is 267 Å². The van der Waals surface area contributed by atoms with Gasteiger partial charge < -0.3 is 0 Å². The summed E-state index contributed by atoms with van der Waals surface area (Å²) in [6.45, 7) is 40.0. The molecule has 0 bridgehead atoms. The number of allylic oxidation sites excluding steroid dienone is 6. The molecule has 0 aliphatic heterocycles. The van der Waals surface area contributed by atoms with E-state index in [-0.39, 0.29) is 7.43 Å². The van der Waals surface area contributed by atoms with Crippen LogP contribution in [0.1, 0.15) is 230 Å². The van der Waals surface area contributed by atoms with Crippen LogP contribution in [0.2, 0.25) is 0 Å². The molecule has 0 heteroatoms. The lowest BCUT2D eigenvalue weighted by atomic mass is 9.87. The molecule has 3 aliphatic rings. The highest BCUT2D eigenvalue weighted by Crippen LogP contribution is 2.26. The second-order valence-electron chi connectivity index (χ2n) is 22.1. The van der Waals surface area contributed by atoms with Crippen molar-refractivity contribution >= 4 is 0 Å². The van der Waals surface area contributed by atoms with E-state index >= 15 is 0 Å². The van der Waals surface area contributed by atoms with Crippen LogP contribution >= 0.6 is 0 Å². The maximum absolute atomic E-state index is 2.41. The lowest BCUT2D eigenvalue weighted by molar-refractivity contribution is 0.412. The Labute approximate surface area is 425 Å². The predicted octanol–water partition coefficient (Wildman–Crippen LogP) is 22.1. The third-order valence-electron chi connectivity index (χ3n) is 13.4. The van der Waals surface area contributed by atoms with Gasteiger partial charge in [0.05, 0.1) is 0 Å². The molecule has 0 spiro atoms.